The highest BCUT2D eigenvalue weighted by Gasteiger charge is 2.35. The van der Waals surface area contributed by atoms with Crippen molar-refractivity contribution in [1.82, 2.24) is 24.2 Å². The quantitative estimate of drug-likeness (QED) is 0.533. The van der Waals surface area contributed by atoms with Crippen molar-refractivity contribution in [1.29, 1.82) is 0 Å². The summed E-state index contributed by atoms with van der Waals surface area (Å²) in [5, 5.41) is 7.36. The van der Waals surface area contributed by atoms with Crippen LogP contribution < -0.4 is 0 Å². The van der Waals surface area contributed by atoms with Gasteiger partial charge < -0.3 is 4.90 Å². The summed E-state index contributed by atoms with van der Waals surface area (Å²) in [6.07, 6.45) is -3.51. The number of hydrogen-bond acceptors (Lipinski definition) is 5. The van der Waals surface area contributed by atoms with E-state index in [0.717, 1.165) is 29.1 Å². The number of para-hydroxylation sites is 1. The Hall–Kier alpha value is -3.32. The minimum atomic E-state index is -4.61. The average molecular weight is 483 g/mol. The molecule has 0 N–H and O–H groups in total. The van der Waals surface area contributed by atoms with Crippen LogP contribution in [0.1, 0.15) is 16.1 Å². The maximum atomic E-state index is 13.3. The van der Waals surface area contributed by atoms with Crippen LogP contribution in [0.4, 0.5) is 17.6 Å². The van der Waals surface area contributed by atoms with Gasteiger partial charge >= 0.3 is 6.18 Å². The van der Waals surface area contributed by atoms with E-state index < -0.39 is 33.5 Å². The summed E-state index contributed by atoms with van der Waals surface area (Å²) >= 11 is 0. The minimum Gasteiger partial charge on any atom is -0.335 e. The normalized spacial score (nSPS) is 15.6. The van der Waals surface area contributed by atoms with Crippen LogP contribution in [-0.2, 0) is 16.2 Å². The van der Waals surface area contributed by atoms with Gasteiger partial charge in [-0.15, -0.1) is 5.10 Å². The second kappa shape index (κ2) is 8.56. The van der Waals surface area contributed by atoms with Crippen LogP contribution in [0.3, 0.4) is 0 Å². The van der Waals surface area contributed by atoms with Crippen molar-refractivity contribution >= 4 is 15.9 Å². The molecule has 0 unspecified atom stereocenters. The van der Waals surface area contributed by atoms with Crippen LogP contribution in [0.15, 0.2) is 59.6 Å². The van der Waals surface area contributed by atoms with E-state index in [-0.39, 0.29) is 42.5 Å². The predicted octanol–water partition coefficient (Wildman–Crippen LogP) is 2.57. The molecule has 33 heavy (non-hydrogen) atoms. The number of hydrogen-bond donors (Lipinski definition) is 0. The number of rotatable bonds is 4. The Bertz CT molecular complexity index is 1270. The van der Waals surface area contributed by atoms with Gasteiger partial charge in [-0.05, 0) is 36.4 Å². The van der Waals surface area contributed by atoms with Gasteiger partial charge in [-0.1, -0.05) is 17.3 Å². The van der Waals surface area contributed by atoms with Crippen molar-refractivity contribution in [3.63, 3.8) is 0 Å². The molecule has 0 aliphatic carbocycles. The van der Waals surface area contributed by atoms with Crippen LogP contribution in [0.25, 0.3) is 5.69 Å². The summed E-state index contributed by atoms with van der Waals surface area (Å²) < 4.78 is 80.3. The highest BCUT2D eigenvalue weighted by Crippen LogP contribution is 2.33. The van der Waals surface area contributed by atoms with Gasteiger partial charge in [0.1, 0.15) is 5.82 Å². The van der Waals surface area contributed by atoms with Gasteiger partial charge in [0, 0.05) is 26.2 Å². The van der Waals surface area contributed by atoms with E-state index in [1.54, 1.807) is 0 Å². The molecule has 8 nitrogen and oxygen atoms in total. The summed E-state index contributed by atoms with van der Waals surface area (Å²) in [4.78, 5) is 14.1. The molecule has 0 atom stereocenters. The number of carbonyl (C=O) groups is 1. The monoisotopic (exact) mass is 483 g/mol. The predicted molar refractivity (Wildman–Crippen MR) is 107 cm³/mol. The Kier molecular flexibility index (Phi) is 5.93. The lowest BCUT2D eigenvalue weighted by Gasteiger charge is -2.33. The van der Waals surface area contributed by atoms with E-state index in [9.17, 15) is 30.8 Å². The summed E-state index contributed by atoms with van der Waals surface area (Å²) in [5.41, 5.74) is -1.36. The van der Waals surface area contributed by atoms with Crippen molar-refractivity contribution < 1.29 is 30.8 Å². The number of aromatic nitrogens is 3. The molecule has 1 aromatic heterocycles. The molecule has 4 rings (SSSR count). The molecule has 1 fully saturated rings. The van der Waals surface area contributed by atoms with Gasteiger partial charge in [0.15, 0.2) is 5.69 Å². The maximum Gasteiger partial charge on any atom is 0.418 e. The van der Waals surface area contributed by atoms with Gasteiger partial charge in [-0.3, -0.25) is 4.79 Å². The molecule has 2 aromatic carbocycles. The molecule has 0 saturated carbocycles. The zero-order chi connectivity index (χ0) is 23.8. The molecule has 2 heterocycles. The Labute approximate surface area is 186 Å². The fourth-order valence-corrected chi connectivity index (χ4v) is 4.86. The number of piperazine rings is 1. The van der Waals surface area contributed by atoms with Crippen LogP contribution >= 0.6 is 0 Å². The fraction of sp³-hybridized carbons (Fsp3) is 0.250. The van der Waals surface area contributed by atoms with Crippen LogP contribution in [0, 0.1) is 5.82 Å². The van der Waals surface area contributed by atoms with Crippen molar-refractivity contribution in [2.24, 2.45) is 0 Å². The first-order valence-electron chi connectivity index (χ1n) is 9.71. The molecule has 1 aliphatic rings. The summed E-state index contributed by atoms with van der Waals surface area (Å²) in [5.74, 6) is -1.14. The largest absolute Gasteiger partial charge is 0.418 e. The van der Waals surface area contributed by atoms with Crippen molar-refractivity contribution in [2.45, 2.75) is 11.1 Å². The second-order valence-electron chi connectivity index (χ2n) is 7.21. The molecule has 0 bridgehead atoms. The Morgan fingerprint density at radius 3 is 2.21 bits per heavy atom. The lowest BCUT2D eigenvalue weighted by molar-refractivity contribution is -0.137. The first kappa shape index (κ1) is 22.9. The summed E-state index contributed by atoms with van der Waals surface area (Å²) in [6, 6.07) is 9.20. The Morgan fingerprint density at radius 2 is 1.58 bits per heavy atom. The number of nitrogens with zero attached hydrogens (tertiary/aromatic N) is 5. The van der Waals surface area contributed by atoms with Crippen molar-refractivity contribution in [3.8, 4) is 5.69 Å². The first-order chi connectivity index (χ1) is 15.6. The summed E-state index contributed by atoms with van der Waals surface area (Å²) in [6.45, 7) is 0.0868. The first-order valence-corrected chi connectivity index (χ1v) is 11.2. The lowest BCUT2D eigenvalue weighted by Crippen LogP contribution is -2.50. The Balaban J connectivity index is 1.46. The van der Waals surface area contributed by atoms with Gasteiger partial charge in [-0.25, -0.2) is 17.5 Å². The highest BCUT2D eigenvalue weighted by molar-refractivity contribution is 7.89. The number of carbonyl (C=O) groups excluding carboxylic acids is 1. The number of benzene rings is 2. The molecular weight excluding hydrogens is 466 g/mol. The van der Waals surface area contributed by atoms with Crippen molar-refractivity contribution in [3.05, 3.63) is 71.8 Å². The molecule has 1 aliphatic heterocycles. The van der Waals surface area contributed by atoms with E-state index in [0.29, 0.717) is 0 Å². The van der Waals surface area contributed by atoms with Crippen LogP contribution in [0.5, 0.6) is 0 Å². The van der Waals surface area contributed by atoms with Crippen LogP contribution in [-0.4, -0.2) is 64.7 Å². The number of halogens is 4. The maximum absolute atomic E-state index is 13.3. The zero-order valence-corrected chi connectivity index (χ0v) is 17.7. The van der Waals surface area contributed by atoms with E-state index >= 15 is 0 Å². The van der Waals surface area contributed by atoms with E-state index in [1.165, 1.54) is 39.5 Å². The van der Waals surface area contributed by atoms with Gasteiger partial charge in [0.2, 0.25) is 10.0 Å². The topological polar surface area (TPSA) is 88.4 Å². The third-order valence-electron chi connectivity index (χ3n) is 5.15. The van der Waals surface area contributed by atoms with Crippen molar-refractivity contribution in [2.75, 3.05) is 26.2 Å². The molecule has 1 amide bonds. The summed E-state index contributed by atoms with van der Waals surface area (Å²) in [7, 11) is -3.85. The average Bonchev–Trinajstić information content (AvgIpc) is 3.29. The van der Waals surface area contributed by atoms with E-state index in [1.807, 2.05) is 0 Å². The highest BCUT2D eigenvalue weighted by atomic mass is 32.2. The number of alkyl halides is 3. The smallest absolute Gasteiger partial charge is 0.335 e. The third-order valence-corrected chi connectivity index (χ3v) is 7.06. The molecule has 1 saturated heterocycles. The molecule has 3 aromatic rings. The number of sulfonamides is 1. The van der Waals surface area contributed by atoms with E-state index in [2.05, 4.69) is 10.3 Å². The second-order valence-corrected chi connectivity index (χ2v) is 9.15. The molecule has 174 valence electrons. The van der Waals surface area contributed by atoms with Gasteiger partial charge in [0.05, 0.1) is 22.3 Å². The fourth-order valence-electron chi connectivity index (χ4n) is 3.44. The van der Waals surface area contributed by atoms with E-state index in [4.69, 9.17) is 0 Å². The number of amides is 1. The molecule has 13 heteroatoms. The minimum absolute atomic E-state index is 0.00348. The molecule has 0 spiro atoms. The standard InChI is InChI=1S/C20H17F4N5O3S/c21-14-5-7-15(8-6-14)33(31,32)28-11-9-27(10-12-28)19(30)17-13-29(26-25-17)18-4-2-1-3-16(18)20(22,23)24/h1-8,13H,9-12H2. The van der Waals surface area contributed by atoms with Gasteiger partial charge in [0.25, 0.3) is 5.91 Å². The van der Waals surface area contributed by atoms with Gasteiger partial charge in [-0.2, -0.15) is 17.5 Å². The lowest BCUT2D eigenvalue weighted by atomic mass is 10.1. The zero-order valence-electron chi connectivity index (χ0n) is 16.9. The molecular formula is C20H17F4N5O3S. The SMILES string of the molecule is O=C(c1cn(-c2ccccc2C(F)(F)F)nn1)N1CCN(S(=O)(=O)c2ccc(F)cc2)CC1. The molecule has 0 radical (unpaired) electrons. The van der Waals surface area contributed by atoms with Crippen LogP contribution in [0.2, 0.25) is 0 Å². The third kappa shape index (κ3) is 4.59. The Morgan fingerprint density at radius 1 is 0.939 bits per heavy atom.